The smallest absolute Gasteiger partial charge is 0.101 e. The molecule has 0 saturated carbocycles. The monoisotopic (exact) mass is 191 g/mol. The second-order valence-corrected chi connectivity index (χ2v) is 2.98. The molecule has 4 N–H and O–H groups in total. The molecule has 0 saturated heterocycles. The number of nitriles is 1. The van der Waals surface area contributed by atoms with E-state index in [9.17, 15) is 0 Å². The first-order chi connectivity index (χ1) is 6.77. The molecular formula is C10H13N3O. The van der Waals surface area contributed by atoms with Crippen LogP contribution in [0.15, 0.2) is 24.3 Å². The Balaban J connectivity index is 2.63. The van der Waals surface area contributed by atoms with Crippen LogP contribution in [0.1, 0.15) is 5.56 Å². The van der Waals surface area contributed by atoms with Gasteiger partial charge in [0, 0.05) is 12.6 Å². The molecule has 0 radical (unpaired) electrons. The maximum atomic E-state index is 8.77. The Labute approximate surface area is 83.0 Å². The molecule has 14 heavy (non-hydrogen) atoms. The number of nitrogens with two attached hydrogens (primary N) is 1. The number of hydrogen-bond donors (Lipinski definition) is 3. The second-order valence-electron chi connectivity index (χ2n) is 2.98. The maximum Gasteiger partial charge on any atom is 0.101 e. The molecule has 4 nitrogen and oxygen atoms in total. The summed E-state index contributed by atoms with van der Waals surface area (Å²) >= 11 is 0. The van der Waals surface area contributed by atoms with Crippen molar-refractivity contribution in [1.29, 1.82) is 5.26 Å². The number of rotatable bonds is 4. The van der Waals surface area contributed by atoms with Gasteiger partial charge in [0.2, 0.25) is 0 Å². The van der Waals surface area contributed by atoms with Crippen molar-refractivity contribution < 1.29 is 5.11 Å². The SMILES string of the molecule is N#Cc1ccccc1NCC(N)CO. The average molecular weight is 191 g/mol. The Hall–Kier alpha value is -1.57. The molecule has 0 aliphatic heterocycles. The summed E-state index contributed by atoms with van der Waals surface area (Å²) in [6, 6.07) is 8.95. The number of hydrogen-bond acceptors (Lipinski definition) is 4. The van der Waals surface area contributed by atoms with Gasteiger partial charge in [0.1, 0.15) is 6.07 Å². The van der Waals surface area contributed by atoms with E-state index in [2.05, 4.69) is 11.4 Å². The molecule has 0 amide bonds. The number of nitrogens with one attached hydrogen (secondary N) is 1. The Morgan fingerprint density at radius 3 is 2.86 bits per heavy atom. The lowest BCUT2D eigenvalue weighted by molar-refractivity contribution is 0.270. The third kappa shape index (κ3) is 2.73. The van der Waals surface area contributed by atoms with Crippen molar-refractivity contribution in [1.82, 2.24) is 0 Å². The molecule has 0 aliphatic rings. The van der Waals surface area contributed by atoms with Crippen LogP contribution in [0.25, 0.3) is 0 Å². The number of para-hydroxylation sites is 1. The fraction of sp³-hybridized carbons (Fsp3) is 0.300. The standard InChI is InChI=1S/C10H13N3O/c11-5-8-3-1-2-4-10(8)13-6-9(12)7-14/h1-4,9,13-14H,6-7,12H2. The summed E-state index contributed by atoms with van der Waals surface area (Å²) in [6.45, 7) is 0.386. The van der Waals surface area contributed by atoms with Crippen LogP contribution >= 0.6 is 0 Å². The van der Waals surface area contributed by atoms with E-state index in [0.29, 0.717) is 12.1 Å². The lowest BCUT2D eigenvalue weighted by atomic mass is 10.2. The van der Waals surface area contributed by atoms with E-state index >= 15 is 0 Å². The molecule has 1 atom stereocenters. The second kappa shape index (κ2) is 5.22. The minimum atomic E-state index is -0.304. The summed E-state index contributed by atoms with van der Waals surface area (Å²) in [5.41, 5.74) is 6.85. The van der Waals surface area contributed by atoms with E-state index in [1.807, 2.05) is 12.1 Å². The van der Waals surface area contributed by atoms with Gasteiger partial charge in [-0.25, -0.2) is 0 Å². The fourth-order valence-corrected chi connectivity index (χ4v) is 1.04. The number of anilines is 1. The molecule has 4 heteroatoms. The Morgan fingerprint density at radius 1 is 1.50 bits per heavy atom. The molecule has 74 valence electrons. The fourth-order valence-electron chi connectivity index (χ4n) is 1.04. The zero-order chi connectivity index (χ0) is 10.4. The number of aliphatic hydroxyl groups is 1. The van der Waals surface area contributed by atoms with Gasteiger partial charge in [0.15, 0.2) is 0 Å². The van der Waals surface area contributed by atoms with Crippen LogP contribution in [0.3, 0.4) is 0 Å². The van der Waals surface area contributed by atoms with Crippen molar-refractivity contribution in [2.24, 2.45) is 5.73 Å². The van der Waals surface area contributed by atoms with Crippen LogP contribution in [0.2, 0.25) is 0 Å². The molecule has 0 aromatic heterocycles. The zero-order valence-electron chi connectivity index (χ0n) is 7.77. The van der Waals surface area contributed by atoms with Crippen LogP contribution in [0.5, 0.6) is 0 Å². The van der Waals surface area contributed by atoms with Gasteiger partial charge in [-0.1, -0.05) is 12.1 Å². The number of benzene rings is 1. The third-order valence-electron chi connectivity index (χ3n) is 1.84. The van der Waals surface area contributed by atoms with Gasteiger partial charge in [0.25, 0.3) is 0 Å². The van der Waals surface area contributed by atoms with Gasteiger partial charge in [0.05, 0.1) is 17.9 Å². The normalized spacial score (nSPS) is 11.8. The van der Waals surface area contributed by atoms with Gasteiger partial charge in [-0.3, -0.25) is 0 Å². The van der Waals surface area contributed by atoms with Crippen molar-refractivity contribution in [3.8, 4) is 6.07 Å². The van der Waals surface area contributed by atoms with E-state index in [1.54, 1.807) is 12.1 Å². The van der Waals surface area contributed by atoms with Crippen molar-refractivity contribution in [2.75, 3.05) is 18.5 Å². The molecule has 0 heterocycles. The van der Waals surface area contributed by atoms with Gasteiger partial charge >= 0.3 is 0 Å². The Morgan fingerprint density at radius 2 is 2.21 bits per heavy atom. The van der Waals surface area contributed by atoms with E-state index in [-0.39, 0.29) is 12.6 Å². The molecular weight excluding hydrogens is 178 g/mol. The van der Waals surface area contributed by atoms with Crippen LogP contribution in [0, 0.1) is 11.3 Å². The molecule has 1 aromatic rings. The topological polar surface area (TPSA) is 82.1 Å². The first-order valence-corrected chi connectivity index (χ1v) is 4.37. The summed E-state index contributed by atoms with van der Waals surface area (Å²) in [7, 11) is 0. The van der Waals surface area contributed by atoms with Crippen molar-refractivity contribution in [3.63, 3.8) is 0 Å². The highest BCUT2D eigenvalue weighted by Gasteiger charge is 2.02. The van der Waals surface area contributed by atoms with Crippen molar-refractivity contribution in [2.45, 2.75) is 6.04 Å². The summed E-state index contributed by atoms with van der Waals surface area (Å²) in [5.74, 6) is 0. The highest BCUT2D eigenvalue weighted by atomic mass is 16.3. The predicted molar refractivity (Wildman–Crippen MR) is 54.7 cm³/mol. The van der Waals surface area contributed by atoms with Crippen LogP contribution < -0.4 is 11.1 Å². The third-order valence-corrected chi connectivity index (χ3v) is 1.84. The Kier molecular flexibility index (Phi) is 3.92. The minimum absolute atomic E-state index is 0.0677. The molecule has 0 fully saturated rings. The molecule has 0 aliphatic carbocycles. The first kappa shape index (κ1) is 10.5. The highest BCUT2D eigenvalue weighted by molar-refractivity contribution is 5.57. The van der Waals surface area contributed by atoms with Crippen LogP contribution in [-0.2, 0) is 0 Å². The largest absolute Gasteiger partial charge is 0.395 e. The van der Waals surface area contributed by atoms with E-state index in [1.165, 1.54) is 0 Å². The first-order valence-electron chi connectivity index (χ1n) is 4.37. The highest BCUT2D eigenvalue weighted by Crippen LogP contribution is 2.12. The van der Waals surface area contributed by atoms with Gasteiger partial charge in [-0.05, 0) is 12.1 Å². The molecule has 1 aromatic carbocycles. The zero-order valence-corrected chi connectivity index (χ0v) is 7.77. The van der Waals surface area contributed by atoms with Crippen molar-refractivity contribution >= 4 is 5.69 Å². The Bertz CT molecular complexity index is 332. The maximum absolute atomic E-state index is 8.77. The van der Waals surface area contributed by atoms with Crippen LogP contribution in [0.4, 0.5) is 5.69 Å². The van der Waals surface area contributed by atoms with E-state index < -0.39 is 0 Å². The average Bonchev–Trinajstić information content (AvgIpc) is 2.26. The quantitative estimate of drug-likeness (QED) is 0.638. The summed E-state index contributed by atoms with van der Waals surface area (Å²) in [4.78, 5) is 0. The molecule has 1 unspecified atom stereocenters. The molecule has 0 bridgehead atoms. The summed E-state index contributed by atoms with van der Waals surface area (Å²) in [6.07, 6.45) is 0. The number of nitrogens with zero attached hydrogens (tertiary/aromatic N) is 1. The minimum Gasteiger partial charge on any atom is -0.395 e. The van der Waals surface area contributed by atoms with E-state index in [4.69, 9.17) is 16.1 Å². The lowest BCUT2D eigenvalue weighted by Gasteiger charge is -2.11. The summed E-state index contributed by atoms with van der Waals surface area (Å²) < 4.78 is 0. The van der Waals surface area contributed by atoms with Gasteiger partial charge in [-0.2, -0.15) is 5.26 Å². The number of aliphatic hydroxyl groups excluding tert-OH is 1. The van der Waals surface area contributed by atoms with Crippen LogP contribution in [-0.4, -0.2) is 24.3 Å². The predicted octanol–water partition coefficient (Wildman–Crippen LogP) is 0.290. The van der Waals surface area contributed by atoms with Gasteiger partial charge < -0.3 is 16.2 Å². The molecule has 1 rings (SSSR count). The van der Waals surface area contributed by atoms with Gasteiger partial charge in [-0.15, -0.1) is 0 Å². The van der Waals surface area contributed by atoms with Crippen molar-refractivity contribution in [3.05, 3.63) is 29.8 Å². The summed E-state index contributed by atoms with van der Waals surface area (Å²) in [5, 5.41) is 20.5. The van der Waals surface area contributed by atoms with E-state index in [0.717, 1.165) is 5.69 Å². The molecule has 0 spiro atoms. The lowest BCUT2D eigenvalue weighted by Crippen LogP contribution is -2.32.